The second-order valence-electron chi connectivity index (χ2n) is 6.50. The summed E-state index contributed by atoms with van der Waals surface area (Å²) >= 11 is 0. The number of sulfonamides is 1. The molecule has 0 bridgehead atoms. The third-order valence-electron chi connectivity index (χ3n) is 4.48. The number of hydrogen-bond acceptors (Lipinski definition) is 7. The Morgan fingerprint density at radius 3 is 2.25 bits per heavy atom. The van der Waals surface area contributed by atoms with Gasteiger partial charge >= 0.3 is 0 Å². The number of nitrogens with one attached hydrogen (secondary N) is 2. The van der Waals surface area contributed by atoms with Crippen LogP contribution in [0.2, 0.25) is 0 Å². The first kappa shape index (κ1) is 22.8. The first-order chi connectivity index (χ1) is 15.2. The average molecular weight is 459 g/mol. The molecule has 0 radical (unpaired) electrons. The maximum absolute atomic E-state index is 12.7. The van der Waals surface area contributed by atoms with Gasteiger partial charge in [0.1, 0.15) is 5.76 Å². The van der Waals surface area contributed by atoms with Crippen LogP contribution in [0, 0.1) is 0 Å². The molecule has 0 unspecified atom stereocenters. The first-order valence-electron chi connectivity index (χ1n) is 9.24. The van der Waals surface area contributed by atoms with Gasteiger partial charge in [-0.25, -0.2) is 13.1 Å². The minimum atomic E-state index is -3.81. The molecule has 0 saturated heterocycles. The van der Waals surface area contributed by atoms with Gasteiger partial charge in [0, 0.05) is 11.6 Å². The summed E-state index contributed by atoms with van der Waals surface area (Å²) in [5.74, 6) is -0.324. The molecule has 3 aromatic rings. The Morgan fingerprint density at radius 2 is 1.69 bits per heavy atom. The van der Waals surface area contributed by atoms with Gasteiger partial charge in [0.05, 0.1) is 43.2 Å². The summed E-state index contributed by atoms with van der Waals surface area (Å²) in [7, 11) is -0.994. The lowest BCUT2D eigenvalue weighted by atomic mass is 10.1. The Labute approximate surface area is 184 Å². The monoisotopic (exact) mass is 459 g/mol. The molecule has 168 valence electrons. The van der Waals surface area contributed by atoms with Crippen molar-refractivity contribution in [2.45, 2.75) is 11.4 Å². The van der Waals surface area contributed by atoms with Gasteiger partial charge in [-0.1, -0.05) is 0 Å². The molecule has 2 amide bonds. The van der Waals surface area contributed by atoms with Gasteiger partial charge in [-0.3, -0.25) is 9.59 Å². The third kappa shape index (κ3) is 5.07. The van der Waals surface area contributed by atoms with E-state index >= 15 is 0 Å². The average Bonchev–Trinajstić information content (AvgIpc) is 3.31. The van der Waals surface area contributed by atoms with Crippen LogP contribution in [0.25, 0.3) is 0 Å². The molecular formula is C21H21N3O7S. The number of nitrogens with two attached hydrogens (primary N) is 1. The van der Waals surface area contributed by atoms with E-state index in [2.05, 4.69) is 10.0 Å². The van der Waals surface area contributed by atoms with Gasteiger partial charge in [0.25, 0.3) is 11.8 Å². The lowest BCUT2D eigenvalue weighted by Gasteiger charge is -2.14. The fraction of sp³-hybridized carbons (Fsp3) is 0.143. The van der Waals surface area contributed by atoms with E-state index in [1.807, 2.05) is 0 Å². The predicted molar refractivity (Wildman–Crippen MR) is 115 cm³/mol. The molecule has 11 heteroatoms. The number of rotatable bonds is 9. The van der Waals surface area contributed by atoms with Crippen LogP contribution in [-0.2, 0) is 16.6 Å². The molecule has 0 aliphatic carbocycles. The number of hydrogen-bond donors (Lipinski definition) is 3. The number of furan rings is 1. The molecule has 1 heterocycles. The number of anilines is 1. The van der Waals surface area contributed by atoms with Crippen molar-refractivity contribution in [1.82, 2.24) is 4.72 Å². The predicted octanol–water partition coefficient (Wildman–Crippen LogP) is 2.13. The minimum absolute atomic E-state index is 0.00717. The Kier molecular flexibility index (Phi) is 6.81. The van der Waals surface area contributed by atoms with Gasteiger partial charge in [-0.2, -0.15) is 0 Å². The Bertz CT molecular complexity index is 1220. The maximum atomic E-state index is 12.7. The third-order valence-corrected chi connectivity index (χ3v) is 5.90. The fourth-order valence-electron chi connectivity index (χ4n) is 2.83. The number of ether oxygens (including phenoxy) is 2. The topological polar surface area (TPSA) is 150 Å². The van der Waals surface area contributed by atoms with Crippen molar-refractivity contribution >= 4 is 27.5 Å². The van der Waals surface area contributed by atoms with E-state index in [1.165, 1.54) is 56.9 Å². The zero-order valence-corrected chi connectivity index (χ0v) is 18.1. The summed E-state index contributed by atoms with van der Waals surface area (Å²) in [5.41, 5.74) is 5.72. The van der Waals surface area contributed by atoms with Crippen molar-refractivity contribution < 1.29 is 31.9 Å². The van der Waals surface area contributed by atoms with Crippen LogP contribution in [0.15, 0.2) is 64.1 Å². The second kappa shape index (κ2) is 9.54. The summed E-state index contributed by atoms with van der Waals surface area (Å²) in [5, 5.41) is 2.58. The van der Waals surface area contributed by atoms with Gasteiger partial charge < -0.3 is 24.9 Å². The van der Waals surface area contributed by atoms with Crippen LogP contribution < -0.4 is 25.2 Å². The van der Waals surface area contributed by atoms with Crippen LogP contribution >= 0.6 is 0 Å². The smallest absolute Gasteiger partial charge is 0.255 e. The molecular weight excluding hydrogens is 438 g/mol. The van der Waals surface area contributed by atoms with Gasteiger partial charge in [-0.15, -0.1) is 0 Å². The normalized spacial score (nSPS) is 11.1. The van der Waals surface area contributed by atoms with E-state index in [0.717, 1.165) is 0 Å². The highest BCUT2D eigenvalue weighted by atomic mass is 32.2. The number of primary amides is 1. The largest absolute Gasteiger partial charge is 0.493 e. The zero-order chi connectivity index (χ0) is 23.3. The van der Waals surface area contributed by atoms with E-state index in [-0.39, 0.29) is 39.8 Å². The summed E-state index contributed by atoms with van der Waals surface area (Å²) < 4.78 is 42.7. The van der Waals surface area contributed by atoms with E-state index < -0.39 is 21.8 Å². The van der Waals surface area contributed by atoms with Gasteiger partial charge in [-0.05, 0) is 42.5 Å². The van der Waals surface area contributed by atoms with Gasteiger partial charge in [0.15, 0.2) is 11.5 Å². The molecule has 0 aliphatic heterocycles. The quantitative estimate of drug-likeness (QED) is 0.443. The van der Waals surface area contributed by atoms with Crippen molar-refractivity contribution in [2.75, 3.05) is 19.5 Å². The maximum Gasteiger partial charge on any atom is 0.255 e. The van der Waals surface area contributed by atoms with Crippen LogP contribution in [-0.4, -0.2) is 34.5 Å². The first-order valence-corrected chi connectivity index (χ1v) is 10.7. The number of methoxy groups -OCH3 is 2. The second-order valence-corrected chi connectivity index (χ2v) is 8.27. The fourth-order valence-corrected chi connectivity index (χ4v) is 3.82. The van der Waals surface area contributed by atoms with Crippen LogP contribution in [0.3, 0.4) is 0 Å². The molecule has 0 atom stereocenters. The Balaban J connectivity index is 1.78. The lowest BCUT2D eigenvalue weighted by molar-refractivity contribution is 0.100. The molecule has 0 spiro atoms. The number of amides is 2. The molecule has 32 heavy (non-hydrogen) atoms. The van der Waals surface area contributed by atoms with Crippen LogP contribution in [0.1, 0.15) is 26.5 Å². The molecule has 2 aromatic carbocycles. The molecule has 4 N–H and O–H groups in total. The standard InChI is InChI=1S/C21H21N3O7S/c1-29-18-10-16(20(22)25)17(11-19(18)30-2)24-21(26)13-5-7-15(8-6-13)32(27,28)23-12-14-4-3-9-31-14/h3-11,23H,12H2,1-2H3,(H2,22,25)(H,24,26). The van der Waals surface area contributed by atoms with E-state index in [1.54, 1.807) is 12.1 Å². The molecule has 1 aromatic heterocycles. The molecule has 0 aliphatic rings. The lowest BCUT2D eigenvalue weighted by Crippen LogP contribution is -2.23. The highest BCUT2D eigenvalue weighted by Crippen LogP contribution is 2.33. The summed E-state index contributed by atoms with van der Waals surface area (Å²) in [6.07, 6.45) is 1.44. The molecule has 0 saturated carbocycles. The molecule has 3 rings (SSSR count). The highest BCUT2D eigenvalue weighted by molar-refractivity contribution is 7.89. The highest BCUT2D eigenvalue weighted by Gasteiger charge is 2.19. The molecule has 0 fully saturated rings. The summed E-state index contributed by atoms with van der Waals surface area (Å²) in [6, 6.07) is 11.4. The van der Waals surface area contributed by atoms with Crippen molar-refractivity contribution in [1.29, 1.82) is 0 Å². The van der Waals surface area contributed by atoms with Crippen molar-refractivity contribution in [3.05, 3.63) is 71.7 Å². The van der Waals surface area contributed by atoms with Crippen molar-refractivity contribution in [2.24, 2.45) is 5.73 Å². The number of benzene rings is 2. The summed E-state index contributed by atoms with van der Waals surface area (Å²) in [6.45, 7) is -0.00717. The Morgan fingerprint density at radius 1 is 1.03 bits per heavy atom. The summed E-state index contributed by atoms with van der Waals surface area (Å²) in [4.78, 5) is 24.5. The van der Waals surface area contributed by atoms with E-state index in [4.69, 9.17) is 19.6 Å². The number of carbonyl (C=O) groups excluding carboxylic acids is 2. The van der Waals surface area contributed by atoms with E-state index in [9.17, 15) is 18.0 Å². The SMILES string of the molecule is COc1cc(NC(=O)c2ccc(S(=O)(=O)NCc3ccco3)cc2)c(C(N)=O)cc1OC. The van der Waals surface area contributed by atoms with Crippen LogP contribution in [0.4, 0.5) is 5.69 Å². The molecule has 10 nitrogen and oxygen atoms in total. The minimum Gasteiger partial charge on any atom is -0.493 e. The zero-order valence-electron chi connectivity index (χ0n) is 17.2. The van der Waals surface area contributed by atoms with Crippen LogP contribution in [0.5, 0.6) is 11.5 Å². The van der Waals surface area contributed by atoms with E-state index in [0.29, 0.717) is 5.76 Å². The van der Waals surface area contributed by atoms with Gasteiger partial charge in [0.2, 0.25) is 10.0 Å². The van der Waals surface area contributed by atoms with Crippen molar-refractivity contribution in [3.63, 3.8) is 0 Å². The van der Waals surface area contributed by atoms with Crippen molar-refractivity contribution in [3.8, 4) is 11.5 Å². The Hall–Kier alpha value is -3.83. The number of carbonyl (C=O) groups is 2.